The van der Waals surface area contributed by atoms with E-state index in [0.29, 0.717) is 5.75 Å². The van der Waals surface area contributed by atoms with Crippen LogP contribution in [0.2, 0.25) is 5.02 Å². The summed E-state index contributed by atoms with van der Waals surface area (Å²) in [5.41, 5.74) is 2.29. The molecule has 3 heteroatoms. The lowest BCUT2D eigenvalue weighted by atomic mass is 9.98. The molecular formula is C17H20ClNO. The number of aromatic hydroxyl groups is 1. The number of nitrogens with one attached hydrogen (secondary N) is 1. The highest BCUT2D eigenvalue weighted by Crippen LogP contribution is 2.23. The van der Waals surface area contributed by atoms with Gasteiger partial charge in [-0.2, -0.15) is 0 Å². The predicted octanol–water partition coefficient (Wildman–Crippen LogP) is 4.33. The molecule has 0 spiro atoms. The van der Waals surface area contributed by atoms with Crippen LogP contribution in [0.15, 0.2) is 48.5 Å². The van der Waals surface area contributed by atoms with Crippen molar-refractivity contribution in [2.75, 3.05) is 6.54 Å². The van der Waals surface area contributed by atoms with Gasteiger partial charge in [-0.1, -0.05) is 42.8 Å². The molecule has 2 rings (SSSR count). The Balaban J connectivity index is 2.19. The van der Waals surface area contributed by atoms with Crippen molar-refractivity contribution in [3.05, 3.63) is 64.7 Å². The van der Waals surface area contributed by atoms with Crippen LogP contribution in [0.4, 0.5) is 0 Å². The fraction of sp³-hybridized carbons (Fsp3) is 0.294. The minimum atomic E-state index is 0.204. The van der Waals surface area contributed by atoms with Gasteiger partial charge in [0.05, 0.1) is 0 Å². The summed E-state index contributed by atoms with van der Waals surface area (Å²) < 4.78 is 0. The van der Waals surface area contributed by atoms with Gasteiger partial charge in [0.1, 0.15) is 5.75 Å². The number of benzene rings is 2. The average molecular weight is 290 g/mol. The Kier molecular flexibility index (Phi) is 5.45. The van der Waals surface area contributed by atoms with Crippen molar-refractivity contribution in [3.63, 3.8) is 0 Å². The van der Waals surface area contributed by atoms with E-state index in [0.717, 1.165) is 30.0 Å². The van der Waals surface area contributed by atoms with Crippen molar-refractivity contribution in [2.45, 2.75) is 25.8 Å². The first-order valence-corrected chi connectivity index (χ1v) is 7.33. The maximum absolute atomic E-state index is 9.58. The quantitative estimate of drug-likeness (QED) is 0.829. The molecule has 0 aromatic heterocycles. The fourth-order valence-electron chi connectivity index (χ4n) is 2.27. The first-order valence-electron chi connectivity index (χ1n) is 6.96. The predicted molar refractivity (Wildman–Crippen MR) is 84.3 cm³/mol. The Labute approximate surface area is 125 Å². The van der Waals surface area contributed by atoms with Gasteiger partial charge < -0.3 is 10.4 Å². The second-order valence-electron chi connectivity index (χ2n) is 4.94. The molecule has 106 valence electrons. The molecule has 0 aliphatic rings. The highest BCUT2D eigenvalue weighted by Gasteiger charge is 2.12. The summed E-state index contributed by atoms with van der Waals surface area (Å²) in [4.78, 5) is 0. The largest absolute Gasteiger partial charge is 0.508 e. The molecule has 0 amide bonds. The minimum absolute atomic E-state index is 0.204. The molecule has 0 fully saturated rings. The first kappa shape index (κ1) is 14.9. The molecule has 0 aliphatic carbocycles. The van der Waals surface area contributed by atoms with E-state index >= 15 is 0 Å². The van der Waals surface area contributed by atoms with Crippen LogP contribution in [0.3, 0.4) is 0 Å². The molecule has 2 aromatic carbocycles. The number of halogens is 1. The van der Waals surface area contributed by atoms with Crippen molar-refractivity contribution in [2.24, 2.45) is 0 Å². The molecule has 0 aliphatic heterocycles. The zero-order valence-corrected chi connectivity index (χ0v) is 12.4. The topological polar surface area (TPSA) is 32.3 Å². The third-order valence-electron chi connectivity index (χ3n) is 3.24. The molecular weight excluding hydrogens is 270 g/mol. The van der Waals surface area contributed by atoms with E-state index in [1.54, 1.807) is 6.07 Å². The van der Waals surface area contributed by atoms with Crippen molar-refractivity contribution in [1.29, 1.82) is 0 Å². The summed E-state index contributed by atoms with van der Waals surface area (Å²) in [6.45, 7) is 3.10. The average Bonchev–Trinajstić information content (AvgIpc) is 2.43. The summed E-state index contributed by atoms with van der Waals surface area (Å²) in [5, 5.41) is 13.9. The summed E-state index contributed by atoms with van der Waals surface area (Å²) >= 11 is 6.08. The van der Waals surface area contributed by atoms with Gasteiger partial charge in [0.15, 0.2) is 0 Å². The van der Waals surface area contributed by atoms with E-state index in [-0.39, 0.29) is 6.04 Å². The summed E-state index contributed by atoms with van der Waals surface area (Å²) in [6.07, 6.45) is 1.91. The second-order valence-corrected chi connectivity index (χ2v) is 5.37. The van der Waals surface area contributed by atoms with E-state index < -0.39 is 0 Å². The normalized spacial score (nSPS) is 12.3. The smallest absolute Gasteiger partial charge is 0.115 e. The zero-order valence-electron chi connectivity index (χ0n) is 11.6. The fourth-order valence-corrected chi connectivity index (χ4v) is 2.47. The van der Waals surface area contributed by atoms with Gasteiger partial charge >= 0.3 is 0 Å². The molecule has 0 bridgehead atoms. The van der Waals surface area contributed by atoms with Crippen LogP contribution in [0.1, 0.15) is 30.5 Å². The van der Waals surface area contributed by atoms with E-state index in [2.05, 4.69) is 18.3 Å². The van der Waals surface area contributed by atoms with Crippen LogP contribution in [0.5, 0.6) is 5.75 Å². The Morgan fingerprint density at radius 2 is 1.95 bits per heavy atom. The van der Waals surface area contributed by atoms with Gasteiger partial charge in [0.25, 0.3) is 0 Å². The lowest BCUT2D eigenvalue weighted by Crippen LogP contribution is -2.24. The molecule has 2 N–H and O–H groups in total. The second kappa shape index (κ2) is 7.32. The number of hydrogen-bond donors (Lipinski definition) is 2. The summed E-state index contributed by atoms with van der Waals surface area (Å²) in [7, 11) is 0. The third-order valence-corrected chi connectivity index (χ3v) is 3.48. The number of phenols is 1. The molecule has 1 atom stereocenters. The summed E-state index contributed by atoms with van der Waals surface area (Å²) in [6, 6.07) is 15.6. The first-order chi connectivity index (χ1) is 9.69. The van der Waals surface area contributed by atoms with Gasteiger partial charge in [-0.05, 0) is 54.8 Å². The van der Waals surface area contributed by atoms with Crippen LogP contribution >= 0.6 is 11.6 Å². The molecule has 2 nitrogen and oxygen atoms in total. The molecule has 0 saturated heterocycles. The van der Waals surface area contributed by atoms with Gasteiger partial charge in [-0.3, -0.25) is 0 Å². The van der Waals surface area contributed by atoms with Gasteiger partial charge in [0.2, 0.25) is 0 Å². The van der Waals surface area contributed by atoms with Crippen LogP contribution in [0, 0.1) is 0 Å². The highest BCUT2D eigenvalue weighted by atomic mass is 35.5. The van der Waals surface area contributed by atoms with Crippen LogP contribution < -0.4 is 5.32 Å². The van der Waals surface area contributed by atoms with Crippen molar-refractivity contribution in [1.82, 2.24) is 5.32 Å². The van der Waals surface area contributed by atoms with E-state index in [9.17, 15) is 5.11 Å². The lowest BCUT2D eigenvalue weighted by Gasteiger charge is -2.19. The molecule has 0 saturated carbocycles. The zero-order chi connectivity index (χ0) is 14.4. The van der Waals surface area contributed by atoms with E-state index in [1.165, 1.54) is 5.56 Å². The van der Waals surface area contributed by atoms with Crippen LogP contribution in [0.25, 0.3) is 0 Å². The van der Waals surface area contributed by atoms with Gasteiger partial charge in [0, 0.05) is 11.1 Å². The Morgan fingerprint density at radius 1 is 1.15 bits per heavy atom. The summed E-state index contributed by atoms with van der Waals surface area (Å²) in [5.74, 6) is 0.308. The number of rotatable bonds is 6. The number of hydrogen-bond acceptors (Lipinski definition) is 2. The number of phenolic OH excluding ortho intramolecular Hbond substituents is 1. The SMILES string of the molecule is CCCNC(Cc1cccc(O)c1)c1cccc(Cl)c1. The molecule has 0 radical (unpaired) electrons. The highest BCUT2D eigenvalue weighted by molar-refractivity contribution is 6.30. The molecule has 20 heavy (non-hydrogen) atoms. The molecule has 2 aromatic rings. The molecule has 1 unspecified atom stereocenters. The Bertz CT molecular complexity index is 556. The minimum Gasteiger partial charge on any atom is -0.508 e. The van der Waals surface area contributed by atoms with Crippen molar-refractivity contribution >= 4 is 11.6 Å². The van der Waals surface area contributed by atoms with Gasteiger partial charge in [-0.25, -0.2) is 0 Å². The van der Waals surface area contributed by atoms with E-state index in [4.69, 9.17) is 11.6 Å². The van der Waals surface area contributed by atoms with Crippen LogP contribution in [-0.4, -0.2) is 11.7 Å². The van der Waals surface area contributed by atoms with Gasteiger partial charge in [-0.15, -0.1) is 0 Å². The standard InChI is InChI=1S/C17H20ClNO/c1-2-9-19-17(14-6-4-7-15(18)12-14)11-13-5-3-8-16(20)10-13/h3-8,10,12,17,19-20H,2,9,11H2,1H3. The third kappa shape index (κ3) is 4.26. The maximum atomic E-state index is 9.58. The van der Waals surface area contributed by atoms with Crippen molar-refractivity contribution < 1.29 is 5.11 Å². The monoisotopic (exact) mass is 289 g/mol. The lowest BCUT2D eigenvalue weighted by molar-refractivity contribution is 0.473. The van der Waals surface area contributed by atoms with Crippen LogP contribution in [-0.2, 0) is 6.42 Å². The molecule has 0 heterocycles. The van der Waals surface area contributed by atoms with E-state index in [1.807, 2.05) is 36.4 Å². The maximum Gasteiger partial charge on any atom is 0.115 e. The van der Waals surface area contributed by atoms with Crippen molar-refractivity contribution in [3.8, 4) is 5.75 Å². The Morgan fingerprint density at radius 3 is 2.65 bits per heavy atom. The Hall–Kier alpha value is -1.51.